The molecule has 0 aromatic heterocycles. The molecule has 0 atom stereocenters. The molecule has 0 radical (unpaired) electrons. The zero-order valence-corrected chi connectivity index (χ0v) is 9.81. The van der Waals surface area contributed by atoms with E-state index < -0.39 is 0 Å². The maximum atomic E-state index is 12.1. The van der Waals surface area contributed by atoms with Gasteiger partial charge in [0, 0.05) is 23.8 Å². The Bertz CT molecular complexity index is 368. The molecule has 0 bridgehead atoms. The molecule has 1 rings (SSSR count). The van der Waals surface area contributed by atoms with Crippen LogP contribution in [0.2, 0.25) is 0 Å². The van der Waals surface area contributed by atoms with Gasteiger partial charge in [0.1, 0.15) is 0 Å². The van der Waals surface area contributed by atoms with Crippen LogP contribution in [0.15, 0.2) is 36.9 Å². The van der Waals surface area contributed by atoms with Gasteiger partial charge in [-0.3, -0.25) is 4.79 Å². The van der Waals surface area contributed by atoms with E-state index in [4.69, 9.17) is 5.73 Å². The number of hydrogen-bond acceptors (Lipinski definition) is 2. The Labute approximate surface area is 96.6 Å². The average molecular weight is 218 g/mol. The summed E-state index contributed by atoms with van der Waals surface area (Å²) in [5.41, 5.74) is 6.90. The lowest BCUT2D eigenvalue weighted by atomic mass is 10.1. The third-order valence-corrected chi connectivity index (χ3v) is 2.37. The first-order valence-corrected chi connectivity index (χ1v) is 5.33. The van der Waals surface area contributed by atoms with Crippen LogP contribution in [0.5, 0.6) is 0 Å². The normalized spacial score (nSPS) is 10.2. The fraction of sp³-hybridized carbons (Fsp3) is 0.308. The van der Waals surface area contributed by atoms with Crippen molar-refractivity contribution in [1.82, 2.24) is 4.90 Å². The number of hydrogen-bond donors (Lipinski definition) is 1. The maximum absolute atomic E-state index is 12.1. The Kier molecular flexibility index (Phi) is 4.11. The van der Waals surface area contributed by atoms with Crippen LogP contribution in [0.1, 0.15) is 24.2 Å². The molecule has 16 heavy (non-hydrogen) atoms. The second-order valence-electron chi connectivity index (χ2n) is 3.96. The van der Waals surface area contributed by atoms with Gasteiger partial charge >= 0.3 is 0 Å². The number of carbonyl (C=O) groups excluding carboxylic acids is 1. The Balaban J connectivity index is 2.89. The van der Waals surface area contributed by atoms with Crippen molar-refractivity contribution < 1.29 is 4.79 Å². The summed E-state index contributed by atoms with van der Waals surface area (Å²) >= 11 is 0. The van der Waals surface area contributed by atoms with Crippen LogP contribution in [0.25, 0.3) is 0 Å². The average Bonchev–Trinajstić information content (AvgIpc) is 2.25. The lowest BCUT2D eigenvalue weighted by Gasteiger charge is -2.25. The Morgan fingerprint density at radius 2 is 2.00 bits per heavy atom. The highest BCUT2D eigenvalue weighted by molar-refractivity contribution is 5.94. The molecule has 0 saturated carbocycles. The van der Waals surface area contributed by atoms with E-state index in [0.29, 0.717) is 17.8 Å². The molecule has 0 fully saturated rings. The Morgan fingerprint density at radius 3 is 2.44 bits per heavy atom. The summed E-state index contributed by atoms with van der Waals surface area (Å²) in [6, 6.07) is 7.12. The summed E-state index contributed by atoms with van der Waals surface area (Å²) in [5.74, 6) is 0.00917. The second-order valence-corrected chi connectivity index (χ2v) is 3.96. The molecule has 1 amide bonds. The van der Waals surface area contributed by atoms with Crippen molar-refractivity contribution in [3.05, 3.63) is 42.5 Å². The maximum Gasteiger partial charge on any atom is 0.254 e. The van der Waals surface area contributed by atoms with Crippen LogP contribution < -0.4 is 5.73 Å². The van der Waals surface area contributed by atoms with Crippen LogP contribution in [0.3, 0.4) is 0 Å². The number of rotatable bonds is 4. The van der Waals surface area contributed by atoms with Crippen LogP contribution in [-0.4, -0.2) is 23.4 Å². The molecule has 3 nitrogen and oxygen atoms in total. The number of nitrogens with two attached hydrogens (primary N) is 1. The monoisotopic (exact) mass is 218 g/mol. The van der Waals surface area contributed by atoms with Crippen molar-refractivity contribution in [2.24, 2.45) is 0 Å². The fourth-order valence-corrected chi connectivity index (χ4v) is 1.46. The molecule has 3 heteroatoms. The predicted octanol–water partition coefficient (Wildman–Crippen LogP) is 2.31. The highest BCUT2D eigenvalue weighted by atomic mass is 16.2. The minimum absolute atomic E-state index is 0.00917. The van der Waals surface area contributed by atoms with Crippen molar-refractivity contribution >= 4 is 11.6 Å². The first kappa shape index (κ1) is 12.3. The summed E-state index contributed by atoms with van der Waals surface area (Å²) in [6.45, 7) is 8.19. The van der Waals surface area contributed by atoms with E-state index in [-0.39, 0.29) is 11.9 Å². The fourth-order valence-electron chi connectivity index (χ4n) is 1.46. The SMILES string of the molecule is C=CCN(C(=O)c1ccc(N)cc1)C(C)C. The number of nitrogen functional groups attached to an aromatic ring is 1. The van der Waals surface area contributed by atoms with Crippen LogP contribution in [0.4, 0.5) is 5.69 Å². The molecule has 0 unspecified atom stereocenters. The summed E-state index contributed by atoms with van der Waals surface area (Å²) in [5, 5.41) is 0. The zero-order valence-electron chi connectivity index (χ0n) is 9.81. The van der Waals surface area contributed by atoms with Gasteiger partial charge in [-0.15, -0.1) is 6.58 Å². The molecule has 86 valence electrons. The summed E-state index contributed by atoms with van der Waals surface area (Å²) in [7, 11) is 0. The number of amides is 1. The molecule has 1 aromatic rings. The van der Waals surface area contributed by atoms with Crippen molar-refractivity contribution in [1.29, 1.82) is 0 Å². The quantitative estimate of drug-likeness (QED) is 0.622. The lowest BCUT2D eigenvalue weighted by molar-refractivity contribution is 0.0729. The van der Waals surface area contributed by atoms with Crippen LogP contribution in [0, 0.1) is 0 Å². The van der Waals surface area contributed by atoms with Gasteiger partial charge in [0.2, 0.25) is 0 Å². The summed E-state index contributed by atoms with van der Waals surface area (Å²) < 4.78 is 0. The van der Waals surface area contributed by atoms with Gasteiger partial charge < -0.3 is 10.6 Å². The van der Waals surface area contributed by atoms with Gasteiger partial charge in [0.15, 0.2) is 0 Å². The zero-order chi connectivity index (χ0) is 12.1. The van der Waals surface area contributed by atoms with Gasteiger partial charge in [-0.05, 0) is 38.1 Å². The molecule has 0 saturated heterocycles. The van der Waals surface area contributed by atoms with E-state index in [9.17, 15) is 4.79 Å². The van der Waals surface area contributed by atoms with Crippen molar-refractivity contribution in [2.45, 2.75) is 19.9 Å². The Hall–Kier alpha value is -1.77. The van der Waals surface area contributed by atoms with Crippen molar-refractivity contribution in [2.75, 3.05) is 12.3 Å². The van der Waals surface area contributed by atoms with Crippen LogP contribution in [-0.2, 0) is 0 Å². The first-order valence-electron chi connectivity index (χ1n) is 5.33. The number of carbonyl (C=O) groups is 1. The molecule has 1 aromatic carbocycles. The molecular weight excluding hydrogens is 200 g/mol. The molecule has 0 heterocycles. The van der Waals surface area contributed by atoms with Gasteiger partial charge in [-0.2, -0.15) is 0 Å². The lowest BCUT2D eigenvalue weighted by Crippen LogP contribution is -2.36. The van der Waals surface area contributed by atoms with Crippen LogP contribution >= 0.6 is 0 Å². The number of nitrogens with zero attached hydrogens (tertiary/aromatic N) is 1. The van der Waals surface area contributed by atoms with Gasteiger partial charge in [-0.25, -0.2) is 0 Å². The molecule has 0 aliphatic heterocycles. The summed E-state index contributed by atoms with van der Waals surface area (Å²) in [6.07, 6.45) is 1.73. The second kappa shape index (κ2) is 5.35. The van der Waals surface area contributed by atoms with Crippen molar-refractivity contribution in [3.63, 3.8) is 0 Å². The van der Waals surface area contributed by atoms with Gasteiger partial charge in [0.25, 0.3) is 5.91 Å². The minimum atomic E-state index is 0.00917. The van der Waals surface area contributed by atoms with E-state index in [1.54, 1.807) is 35.2 Å². The third-order valence-electron chi connectivity index (χ3n) is 2.37. The number of anilines is 1. The molecular formula is C13H18N2O. The largest absolute Gasteiger partial charge is 0.399 e. The van der Waals surface area contributed by atoms with Gasteiger partial charge in [0.05, 0.1) is 0 Å². The van der Waals surface area contributed by atoms with E-state index in [2.05, 4.69) is 6.58 Å². The summed E-state index contributed by atoms with van der Waals surface area (Å²) in [4.78, 5) is 13.9. The van der Waals surface area contributed by atoms with Crippen molar-refractivity contribution in [3.8, 4) is 0 Å². The third kappa shape index (κ3) is 2.86. The van der Waals surface area contributed by atoms with E-state index in [1.165, 1.54) is 0 Å². The minimum Gasteiger partial charge on any atom is -0.399 e. The topological polar surface area (TPSA) is 46.3 Å². The standard InChI is InChI=1S/C13H18N2O/c1-4-9-15(10(2)3)13(16)11-5-7-12(14)8-6-11/h4-8,10H,1,9,14H2,2-3H3. The number of benzene rings is 1. The molecule has 0 aliphatic carbocycles. The highest BCUT2D eigenvalue weighted by Gasteiger charge is 2.16. The molecule has 0 spiro atoms. The first-order chi connectivity index (χ1) is 7.56. The van der Waals surface area contributed by atoms with E-state index in [0.717, 1.165) is 0 Å². The van der Waals surface area contributed by atoms with E-state index >= 15 is 0 Å². The smallest absolute Gasteiger partial charge is 0.254 e. The van der Waals surface area contributed by atoms with E-state index in [1.807, 2.05) is 13.8 Å². The molecule has 0 aliphatic rings. The Morgan fingerprint density at radius 1 is 1.44 bits per heavy atom. The highest BCUT2D eigenvalue weighted by Crippen LogP contribution is 2.11. The predicted molar refractivity (Wildman–Crippen MR) is 67.2 cm³/mol. The molecule has 2 N–H and O–H groups in total. The van der Waals surface area contributed by atoms with Gasteiger partial charge in [-0.1, -0.05) is 6.08 Å².